The number of nitrogens with one attached hydrogen (secondary N) is 1. The van der Waals surface area contributed by atoms with Gasteiger partial charge in [-0.2, -0.15) is 0 Å². The molecule has 0 aliphatic carbocycles. The average Bonchev–Trinajstić information content (AvgIpc) is 2.30. The summed E-state index contributed by atoms with van der Waals surface area (Å²) in [7, 11) is 3.98. The molecular weight excluding hydrogens is 226 g/mol. The minimum Gasteiger partial charge on any atom is -0.363 e. The van der Waals surface area contributed by atoms with Gasteiger partial charge in [-0.3, -0.25) is 0 Å². The molecule has 16 heavy (non-hydrogen) atoms. The van der Waals surface area contributed by atoms with Crippen molar-refractivity contribution in [1.29, 1.82) is 0 Å². The van der Waals surface area contributed by atoms with E-state index < -0.39 is 0 Å². The standard InChI is InChI=1S/C10H17N5.ClH/c1-14(2)9-7-10(13-8-12-9)15-5-3-11-4-6-15;/h7-8,11H,3-6H2,1-2H3;1H. The summed E-state index contributed by atoms with van der Waals surface area (Å²) >= 11 is 0. The lowest BCUT2D eigenvalue weighted by Gasteiger charge is -2.28. The third kappa shape index (κ3) is 2.96. The molecule has 1 saturated heterocycles. The Balaban J connectivity index is 0.00000128. The van der Waals surface area contributed by atoms with Crippen molar-refractivity contribution in [1.82, 2.24) is 15.3 Å². The summed E-state index contributed by atoms with van der Waals surface area (Å²) in [6.07, 6.45) is 1.63. The molecule has 5 nitrogen and oxygen atoms in total. The van der Waals surface area contributed by atoms with Crippen LogP contribution < -0.4 is 15.1 Å². The smallest absolute Gasteiger partial charge is 0.134 e. The Hall–Kier alpha value is -1.07. The van der Waals surface area contributed by atoms with Crippen LogP contribution in [-0.2, 0) is 0 Å². The molecule has 2 heterocycles. The van der Waals surface area contributed by atoms with E-state index in [4.69, 9.17) is 0 Å². The summed E-state index contributed by atoms with van der Waals surface area (Å²) in [6.45, 7) is 4.09. The van der Waals surface area contributed by atoms with Crippen molar-refractivity contribution < 1.29 is 0 Å². The molecule has 2 rings (SSSR count). The average molecular weight is 244 g/mol. The van der Waals surface area contributed by atoms with Crippen molar-refractivity contribution >= 4 is 24.0 Å². The topological polar surface area (TPSA) is 44.3 Å². The van der Waals surface area contributed by atoms with Crippen LogP contribution in [0.5, 0.6) is 0 Å². The molecule has 1 aliphatic rings. The second-order valence-electron chi connectivity index (χ2n) is 3.87. The van der Waals surface area contributed by atoms with Gasteiger partial charge in [0.05, 0.1) is 0 Å². The van der Waals surface area contributed by atoms with Crippen molar-refractivity contribution in [2.45, 2.75) is 0 Å². The first-order valence-electron chi connectivity index (χ1n) is 5.22. The lowest BCUT2D eigenvalue weighted by Crippen LogP contribution is -2.43. The molecule has 0 amide bonds. The van der Waals surface area contributed by atoms with E-state index in [1.54, 1.807) is 6.33 Å². The monoisotopic (exact) mass is 243 g/mol. The molecule has 0 saturated carbocycles. The van der Waals surface area contributed by atoms with Crippen LogP contribution >= 0.6 is 12.4 Å². The van der Waals surface area contributed by atoms with Gasteiger partial charge in [-0.05, 0) is 0 Å². The third-order valence-corrected chi connectivity index (χ3v) is 2.54. The van der Waals surface area contributed by atoms with Crippen LogP contribution in [0.15, 0.2) is 12.4 Å². The largest absolute Gasteiger partial charge is 0.363 e. The highest BCUT2D eigenvalue weighted by atomic mass is 35.5. The van der Waals surface area contributed by atoms with Crippen LogP contribution in [0.3, 0.4) is 0 Å². The zero-order valence-corrected chi connectivity index (χ0v) is 10.5. The molecule has 1 aliphatic heterocycles. The van der Waals surface area contributed by atoms with Crippen molar-refractivity contribution in [3.8, 4) is 0 Å². The molecule has 90 valence electrons. The Morgan fingerprint density at radius 1 is 1.25 bits per heavy atom. The zero-order valence-electron chi connectivity index (χ0n) is 9.68. The summed E-state index contributed by atoms with van der Waals surface area (Å²) in [4.78, 5) is 12.8. The molecule has 0 atom stereocenters. The molecule has 1 aromatic rings. The predicted octanol–water partition coefficient (Wildman–Crippen LogP) is 0.374. The first-order valence-corrected chi connectivity index (χ1v) is 5.22. The van der Waals surface area contributed by atoms with Gasteiger partial charge in [0.2, 0.25) is 0 Å². The summed E-state index contributed by atoms with van der Waals surface area (Å²) in [6, 6.07) is 2.03. The lowest BCUT2D eigenvalue weighted by molar-refractivity contribution is 0.584. The number of hydrogen-bond donors (Lipinski definition) is 1. The molecule has 1 aromatic heterocycles. The lowest BCUT2D eigenvalue weighted by atomic mass is 10.3. The number of aromatic nitrogens is 2. The van der Waals surface area contributed by atoms with Crippen LogP contribution in [0.1, 0.15) is 0 Å². The highest BCUT2D eigenvalue weighted by Gasteiger charge is 2.12. The number of piperazine rings is 1. The van der Waals surface area contributed by atoms with E-state index in [0.717, 1.165) is 37.8 Å². The van der Waals surface area contributed by atoms with Crippen molar-refractivity contribution in [2.75, 3.05) is 50.1 Å². The maximum atomic E-state index is 4.31. The van der Waals surface area contributed by atoms with E-state index in [9.17, 15) is 0 Å². The second-order valence-corrected chi connectivity index (χ2v) is 3.87. The van der Waals surface area contributed by atoms with Crippen molar-refractivity contribution in [3.05, 3.63) is 12.4 Å². The van der Waals surface area contributed by atoms with Crippen molar-refractivity contribution in [3.63, 3.8) is 0 Å². The van der Waals surface area contributed by atoms with Gasteiger partial charge < -0.3 is 15.1 Å². The second kappa shape index (κ2) is 5.86. The molecule has 1 N–H and O–H groups in total. The molecule has 0 spiro atoms. The summed E-state index contributed by atoms with van der Waals surface area (Å²) in [5, 5.41) is 3.33. The predicted molar refractivity (Wildman–Crippen MR) is 68.7 cm³/mol. The zero-order chi connectivity index (χ0) is 10.7. The van der Waals surface area contributed by atoms with Crippen LogP contribution in [0.2, 0.25) is 0 Å². The number of nitrogens with zero attached hydrogens (tertiary/aromatic N) is 4. The molecular formula is C10H18ClN5. The molecule has 1 fully saturated rings. The van der Waals surface area contributed by atoms with Crippen LogP contribution in [0.25, 0.3) is 0 Å². The number of halogens is 1. The van der Waals surface area contributed by atoms with E-state index in [-0.39, 0.29) is 12.4 Å². The minimum atomic E-state index is 0. The van der Waals surface area contributed by atoms with Crippen LogP contribution in [0.4, 0.5) is 11.6 Å². The van der Waals surface area contributed by atoms with E-state index in [1.165, 1.54) is 0 Å². The quantitative estimate of drug-likeness (QED) is 0.814. The first kappa shape index (κ1) is 13.0. The van der Waals surface area contributed by atoms with Gasteiger partial charge in [0.25, 0.3) is 0 Å². The Labute approximate surface area is 102 Å². The fourth-order valence-corrected chi connectivity index (χ4v) is 1.65. The summed E-state index contributed by atoms with van der Waals surface area (Å²) < 4.78 is 0. The van der Waals surface area contributed by atoms with Gasteiger partial charge in [-0.15, -0.1) is 12.4 Å². The van der Waals surface area contributed by atoms with Gasteiger partial charge in [-0.1, -0.05) is 0 Å². The SMILES string of the molecule is CN(C)c1cc(N2CCNCC2)ncn1.Cl. The van der Waals surface area contributed by atoms with E-state index >= 15 is 0 Å². The van der Waals surface area contributed by atoms with E-state index in [0.29, 0.717) is 0 Å². The van der Waals surface area contributed by atoms with Crippen LogP contribution in [0, 0.1) is 0 Å². The molecule has 0 radical (unpaired) electrons. The van der Waals surface area contributed by atoms with Gasteiger partial charge in [0, 0.05) is 46.3 Å². The Kier molecular flexibility index (Phi) is 4.76. The van der Waals surface area contributed by atoms with Crippen LogP contribution in [-0.4, -0.2) is 50.2 Å². The summed E-state index contributed by atoms with van der Waals surface area (Å²) in [5.41, 5.74) is 0. The van der Waals surface area contributed by atoms with Gasteiger partial charge in [-0.25, -0.2) is 9.97 Å². The molecule has 6 heteroatoms. The summed E-state index contributed by atoms with van der Waals surface area (Å²) in [5.74, 6) is 1.98. The van der Waals surface area contributed by atoms with Gasteiger partial charge in [0.15, 0.2) is 0 Å². The number of hydrogen-bond acceptors (Lipinski definition) is 5. The third-order valence-electron chi connectivity index (χ3n) is 2.54. The molecule has 0 unspecified atom stereocenters. The maximum Gasteiger partial charge on any atom is 0.134 e. The van der Waals surface area contributed by atoms with E-state index in [2.05, 4.69) is 20.2 Å². The van der Waals surface area contributed by atoms with Crippen molar-refractivity contribution in [2.24, 2.45) is 0 Å². The van der Waals surface area contributed by atoms with Gasteiger partial charge in [0.1, 0.15) is 18.0 Å². The molecule has 0 bridgehead atoms. The first-order chi connectivity index (χ1) is 7.27. The Bertz CT molecular complexity index is 325. The number of anilines is 2. The highest BCUT2D eigenvalue weighted by Crippen LogP contribution is 2.15. The Morgan fingerprint density at radius 2 is 1.94 bits per heavy atom. The minimum absolute atomic E-state index is 0. The number of rotatable bonds is 2. The highest BCUT2D eigenvalue weighted by molar-refractivity contribution is 5.85. The fraction of sp³-hybridized carbons (Fsp3) is 0.600. The molecule has 0 aromatic carbocycles. The van der Waals surface area contributed by atoms with Gasteiger partial charge >= 0.3 is 0 Å². The normalized spacial score (nSPS) is 15.5. The maximum absolute atomic E-state index is 4.31. The fourth-order valence-electron chi connectivity index (χ4n) is 1.65. The van der Waals surface area contributed by atoms with E-state index in [1.807, 2.05) is 25.1 Å². The Morgan fingerprint density at radius 3 is 2.56 bits per heavy atom.